The Morgan fingerprint density at radius 2 is 1.94 bits per heavy atom. The SMILES string of the molecule is CC(C)Cc1ccc(C2C(N)CCCN2C)cc1. The number of nitrogens with zero attached hydrogens (tertiary/aromatic N) is 1. The van der Waals surface area contributed by atoms with Gasteiger partial charge in [0.05, 0.1) is 0 Å². The topological polar surface area (TPSA) is 29.3 Å². The Hall–Kier alpha value is -0.860. The molecule has 0 radical (unpaired) electrons. The van der Waals surface area contributed by atoms with Gasteiger partial charge in [-0.2, -0.15) is 0 Å². The Labute approximate surface area is 111 Å². The Bertz CT molecular complexity index is 359. The van der Waals surface area contributed by atoms with Gasteiger partial charge in [0, 0.05) is 12.1 Å². The van der Waals surface area contributed by atoms with E-state index in [1.807, 2.05) is 0 Å². The van der Waals surface area contributed by atoms with Crippen LogP contribution in [-0.4, -0.2) is 24.5 Å². The number of nitrogens with two attached hydrogens (primary N) is 1. The minimum absolute atomic E-state index is 0.277. The van der Waals surface area contributed by atoms with Crippen LogP contribution in [0.1, 0.15) is 43.9 Å². The van der Waals surface area contributed by atoms with Crippen LogP contribution >= 0.6 is 0 Å². The molecule has 18 heavy (non-hydrogen) atoms. The molecule has 0 spiro atoms. The second kappa shape index (κ2) is 5.85. The zero-order chi connectivity index (χ0) is 13.1. The molecule has 1 aromatic carbocycles. The summed E-state index contributed by atoms with van der Waals surface area (Å²) in [6.45, 7) is 5.68. The fourth-order valence-electron chi connectivity index (χ4n) is 3.02. The van der Waals surface area contributed by atoms with Crippen LogP contribution < -0.4 is 5.73 Å². The number of hydrogen-bond acceptors (Lipinski definition) is 2. The predicted octanol–water partition coefficient (Wildman–Crippen LogP) is 2.98. The molecule has 100 valence electrons. The van der Waals surface area contributed by atoms with Crippen molar-refractivity contribution in [2.45, 2.75) is 45.2 Å². The van der Waals surface area contributed by atoms with E-state index < -0.39 is 0 Å². The van der Waals surface area contributed by atoms with Crippen molar-refractivity contribution < 1.29 is 0 Å². The lowest BCUT2D eigenvalue weighted by Gasteiger charge is -2.37. The molecule has 1 saturated heterocycles. The molecule has 0 saturated carbocycles. The third-order valence-electron chi connectivity index (χ3n) is 3.89. The van der Waals surface area contributed by atoms with Crippen LogP contribution in [0.15, 0.2) is 24.3 Å². The summed E-state index contributed by atoms with van der Waals surface area (Å²) in [4.78, 5) is 2.39. The highest BCUT2D eigenvalue weighted by molar-refractivity contribution is 5.26. The first kappa shape index (κ1) is 13.6. The van der Waals surface area contributed by atoms with E-state index in [1.54, 1.807) is 0 Å². The van der Waals surface area contributed by atoms with Gasteiger partial charge < -0.3 is 5.73 Å². The van der Waals surface area contributed by atoms with Crippen LogP contribution in [0, 0.1) is 5.92 Å². The summed E-state index contributed by atoms with van der Waals surface area (Å²) in [6, 6.07) is 9.75. The second-order valence-electron chi connectivity index (χ2n) is 6.07. The van der Waals surface area contributed by atoms with E-state index in [0.717, 1.165) is 25.3 Å². The Balaban J connectivity index is 2.12. The average molecular weight is 246 g/mol. The number of rotatable bonds is 3. The summed E-state index contributed by atoms with van der Waals surface area (Å²) in [5.74, 6) is 0.718. The summed E-state index contributed by atoms with van der Waals surface area (Å²) >= 11 is 0. The van der Waals surface area contributed by atoms with Crippen LogP contribution in [-0.2, 0) is 6.42 Å². The van der Waals surface area contributed by atoms with Crippen LogP contribution in [0.5, 0.6) is 0 Å². The highest BCUT2D eigenvalue weighted by Crippen LogP contribution is 2.29. The summed E-state index contributed by atoms with van der Waals surface area (Å²) in [5, 5.41) is 0. The molecule has 1 fully saturated rings. The first-order valence-electron chi connectivity index (χ1n) is 7.12. The molecule has 0 amide bonds. The van der Waals surface area contributed by atoms with Crippen LogP contribution in [0.3, 0.4) is 0 Å². The lowest BCUT2D eigenvalue weighted by atomic mass is 9.90. The second-order valence-corrected chi connectivity index (χ2v) is 6.07. The molecule has 1 aromatic rings. The van der Waals surface area contributed by atoms with Gasteiger partial charge in [0.15, 0.2) is 0 Å². The van der Waals surface area contributed by atoms with Crippen LogP contribution in [0.25, 0.3) is 0 Å². The minimum atomic E-state index is 0.277. The summed E-state index contributed by atoms with van der Waals surface area (Å²) in [5.41, 5.74) is 9.08. The zero-order valence-corrected chi connectivity index (χ0v) is 11.9. The maximum Gasteiger partial charge on any atom is 0.0496 e. The van der Waals surface area contributed by atoms with Gasteiger partial charge in [0.1, 0.15) is 0 Å². The number of hydrogen-bond donors (Lipinski definition) is 1. The molecular weight excluding hydrogens is 220 g/mol. The maximum absolute atomic E-state index is 6.28. The molecule has 2 unspecified atom stereocenters. The van der Waals surface area contributed by atoms with Gasteiger partial charge in [-0.3, -0.25) is 4.90 Å². The van der Waals surface area contributed by atoms with E-state index >= 15 is 0 Å². The number of benzene rings is 1. The van der Waals surface area contributed by atoms with Gasteiger partial charge >= 0.3 is 0 Å². The third kappa shape index (κ3) is 3.12. The molecule has 2 heteroatoms. The molecule has 0 aliphatic carbocycles. The molecule has 0 bridgehead atoms. The van der Waals surface area contributed by atoms with Gasteiger partial charge in [0.25, 0.3) is 0 Å². The largest absolute Gasteiger partial charge is 0.326 e. The smallest absolute Gasteiger partial charge is 0.0496 e. The number of likely N-dealkylation sites (tertiary alicyclic amines) is 1. The Morgan fingerprint density at radius 1 is 1.28 bits per heavy atom. The minimum Gasteiger partial charge on any atom is -0.326 e. The van der Waals surface area contributed by atoms with Gasteiger partial charge in [-0.15, -0.1) is 0 Å². The predicted molar refractivity (Wildman–Crippen MR) is 77.6 cm³/mol. The first-order valence-corrected chi connectivity index (χ1v) is 7.12. The lowest BCUT2D eigenvalue weighted by Crippen LogP contribution is -2.43. The summed E-state index contributed by atoms with van der Waals surface area (Å²) in [7, 11) is 2.19. The van der Waals surface area contributed by atoms with E-state index in [-0.39, 0.29) is 6.04 Å². The number of likely N-dealkylation sites (N-methyl/N-ethyl adjacent to an activating group) is 1. The van der Waals surface area contributed by atoms with Crippen molar-refractivity contribution in [2.75, 3.05) is 13.6 Å². The van der Waals surface area contributed by atoms with Crippen LogP contribution in [0.4, 0.5) is 0 Å². The molecule has 2 N–H and O–H groups in total. The van der Waals surface area contributed by atoms with Crippen molar-refractivity contribution >= 4 is 0 Å². The van der Waals surface area contributed by atoms with E-state index in [4.69, 9.17) is 5.73 Å². The van der Waals surface area contributed by atoms with E-state index in [1.165, 1.54) is 17.5 Å². The fraction of sp³-hybridized carbons (Fsp3) is 0.625. The first-order chi connectivity index (χ1) is 8.58. The van der Waals surface area contributed by atoms with E-state index in [0.29, 0.717) is 6.04 Å². The highest BCUT2D eigenvalue weighted by Gasteiger charge is 2.27. The molecule has 1 aliphatic heterocycles. The van der Waals surface area contributed by atoms with Gasteiger partial charge in [-0.05, 0) is 49.9 Å². The van der Waals surface area contributed by atoms with Gasteiger partial charge in [-0.1, -0.05) is 38.1 Å². The van der Waals surface area contributed by atoms with Crippen molar-refractivity contribution in [3.05, 3.63) is 35.4 Å². The summed E-state index contributed by atoms with van der Waals surface area (Å²) in [6.07, 6.45) is 3.52. The molecule has 0 aromatic heterocycles. The highest BCUT2D eigenvalue weighted by atomic mass is 15.2. The van der Waals surface area contributed by atoms with Gasteiger partial charge in [0.2, 0.25) is 0 Å². The fourth-order valence-corrected chi connectivity index (χ4v) is 3.02. The average Bonchev–Trinajstić information content (AvgIpc) is 2.30. The van der Waals surface area contributed by atoms with Crippen LogP contribution in [0.2, 0.25) is 0 Å². The number of piperidine rings is 1. The quantitative estimate of drug-likeness (QED) is 0.888. The van der Waals surface area contributed by atoms with E-state index in [9.17, 15) is 0 Å². The van der Waals surface area contributed by atoms with E-state index in [2.05, 4.69) is 50.1 Å². The van der Waals surface area contributed by atoms with Gasteiger partial charge in [-0.25, -0.2) is 0 Å². The molecule has 2 atom stereocenters. The zero-order valence-electron chi connectivity index (χ0n) is 11.9. The monoisotopic (exact) mass is 246 g/mol. The molecular formula is C16H26N2. The van der Waals surface area contributed by atoms with Crippen molar-refractivity contribution in [3.8, 4) is 0 Å². The molecule has 1 heterocycles. The molecule has 2 rings (SSSR count). The molecule has 2 nitrogen and oxygen atoms in total. The van der Waals surface area contributed by atoms with Crippen molar-refractivity contribution in [3.63, 3.8) is 0 Å². The van der Waals surface area contributed by atoms with Crippen molar-refractivity contribution in [1.29, 1.82) is 0 Å². The maximum atomic E-state index is 6.28. The Morgan fingerprint density at radius 3 is 2.50 bits per heavy atom. The van der Waals surface area contributed by atoms with Crippen molar-refractivity contribution in [2.24, 2.45) is 11.7 Å². The van der Waals surface area contributed by atoms with Crippen molar-refractivity contribution in [1.82, 2.24) is 4.90 Å². The normalized spacial score (nSPS) is 25.6. The standard InChI is InChI=1S/C16H26N2/c1-12(2)11-13-6-8-14(9-7-13)16-15(17)5-4-10-18(16)3/h6-9,12,15-16H,4-5,10-11,17H2,1-3H3. The Kier molecular flexibility index (Phi) is 4.41. The summed E-state index contributed by atoms with van der Waals surface area (Å²) < 4.78 is 0. The lowest BCUT2D eigenvalue weighted by molar-refractivity contribution is 0.163. The third-order valence-corrected chi connectivity index (χ3v) is 3.89. The molecule has 1 aliphatic rings.